The summed E-state index contributed by atoms with van der Waals surface area (Å²) in [6.07, 6.45) is 0. The number of hydrogen-bond acceptors (Lipinski definition) is 11. The summed E-state index contributed by atoms with van der Waals surface area (Å²) in [5, 5.41) is 0. The summed E-state index contributed by atoms with van der Waals surface area (Å²) in [5.41, 5.74) is 0. The zero-order chi connectivity index (χ0) is 37.1. The lowest BCUT2D eigenvalue weighted by atomic mass is 10.9. The Balaban J connectivity index is 5.49. The van der Waals surface area contributed by atoms with E-state index in [0.29, 0.717) is 6.61 Å². The molecule has 0 heterocycles. The minimum atomic E-state index is -2.68. The molecule has 278 valence electrons. The molecule has 0 spiro atoms. The summed E-state index contributed by atoms with van der Waals surface area (Å²) < 4.78 is 72.1. The van der Waals surface area contributed by atoms with Crippen molar-refractivity contribution in [2.75, 3.05) is 6.61 Å². The van der Waals surface area contributed by atoms with Crippen LogP contribution in [0.4, 0.5) is 0 Å². The Labute approximate surface area is 296 Å². The van der Waals surface area contributed by atoms with E-state index in [9.17, 15) is 0 Å². The molecule has 0 bridgehead atoms. The second-order valence-electron chi connectivity index (χ2n) is 16.5. The molecule has 0 aliphatic heterocycles. The van der Waals surface area contributed by atoms with E-state index < -0.39 is 94.6 Å². The second kappa shape index (κ2) is 16.7. The summed E-state index contributed by atoms with van der Waals surface area (Å²) in [6, 6.07) is 0. The van der Waals surface area contributed by atoms with Crippen LogP contribution >= 0.6 is 0 Å². The molecule has 11 nitrogen and oxygen atoms in total. The second-order valence-corrected chi connectivity index (χ2v) is 55.2. The fourth-order valence-electron chi connectivity index (χ4n) is 6.46. The van der Waals surface area contributed by atoms with Gasteiger partial charge in [-0.3, -0.25) is 0 Å². The Morgan fingerprint density at radius 1 is 0.304 bits per heavy atom. The molecule has 22 heteroatoms. The lowest BCUT2D eigenvalue weighted by molar-refractivity contribution is 0.230. The maximum Gasteiger partial charge on any atom is 0.322 e. The molecule has 0 aromatic heterocycles. The fourth-order valence-corrected chi connectivity index (χ4v) is 59.5. The van der Waals surface area contributed by atoms with E-state index in [4.69, 9.17) is 45.6 Å². The third-order valence-corrected chi connectivity index (χ3v) is 46.0. The number of hydrogen-bond donors (Lipinski definition) is 0. The largest absolute Gasteiger partial charge is 0.440 e. The standard InChI is InChI=1S/C24H72O11Si11/c1-24-25-37(4,5)27-39(8,9)29-41(12,13)31-43(16,17)33-45(20,21)35-46(22,23)34-44(18,19)32-42(14,15)30-40(10,11)28-38(6,7)26-36(2)3/h36H,24H2,1-23H3. The van der Waals surface area contributed by atoms with Gasteiger partial charge in [-0.25, -0.2) is 0 Å². The maximum atomic E-state index is 6.77. The third kappa shape index (κ3) is 22.0. The van der Waals surface area contributed by atoms with Crippen molar-refractivity contribution < 1.29 is 45.6 Å². The van der Waals surface area contributed by atoms with Crippen molar-refractivity contribution in [2.24, 2.45) is 0 Å². The minimum absolute atomic E-state index is 0.626. The van der Waals surface area contributed by atoms with Crippen LogP contribution in [0.25, 0.3) is 0 Å². The van der Waals surface area contributed by atoms with Gasteiger partial charge in [0.25, 0.3) is 0 Å². The fraction of sp³-hybridized carbons (Fsp3) is 1.00. The van der Waals surface area contributed by atoms with Gasteiger partial charge >= 0.3 is 85.6 Å². The highest BCUT2D eigenvalue weighted by atomic mass is 28.5. The van der Waals surface area contributed by atoms with Crippen LogP contribution in [0, 0.1) is 0 Å². The van der Waals surface area contributed by atoms with Gasteiger partial charge in [-0.05, 0) is 151 Å². The molecule has 0 aliphatic carbocycles. The van der Waals surface area contributed by atoms with E-state index in [1.54, 1.807) is 0 Å². The van der Waals surface area contributed by atoms with Gasteiger partial charge in [-0.2, -0.15) is 0 Å². The molecule has 0 atom stereocenters. The number of rotatable bonds is 22. The highest BCUT2D eigenvalue weighted by Gasteiger charge is 2.50. The predicted octanol–water partition coefficient (Wildman–Crippen LogP) is 8.19. The van der Waals surface area contributed by atoms with Crippen LogP contribution < -0.4 is 0 Å². The van der Waals surface area contributed by atoms with Crippen molar-refractivity contribution in [2.45, 2.75) is 151 Å². The van der Waals surface area contributed by atoms with E-state index in [2.05, 4.69) is 144 Å². The molecule has 0 amide bonds. The molecule has 0 fully saturated rings. The van der Waals surface area contributed by atoms with Crippen LogP contribution in [0.1, 0.15) is 6.92 Å². The van der Waals surface area contributed by atoms with Gasteiger partial charge in [0.15, 0.2) is 9.04 Å². The first-order valence-corrected chi connectivity index (χ1v) is 47.4. The first-order chi connectivity index (χ1) is 19.8. The van der Waals surface area contributed by atoms with Gasteiger partial charge < -0.3 is 45.6 Å². The third-order valence-electron chi connectivity index (χ3n) is 5.44. The minimum Gasteiger partial charge on any atom is -0.440 e. The summed E-state index contributed by atoms with van der Waals surface area (Å²) in [5.74, 6) is 0. The van der Waals surface area contributed by atoms with Crippen LogP contribution in [-0.2, 0) is 45.6 Å². The highest BCUT2D eigenvalue weighted by Crippen LogP contribution is 2.30. The van der Waals surface area contributed by atoms with Crippen molar-refractivity contribution in [1.29, 1.82) is 0 Å². The van der Waals surface area contributed by atoms with Crippen molar-refractivity contribution in [1.82, 2.24) is 0 Å². The van der Waals surface area contributed by atoms with Crippen LogP contribution in [-0.4, -0.2) is 101 Å². The smallest absolute Gasteiger partial charge is 0.322 e. The molecular formula is C24H72O11Si11. The van der Waals surface area contributed by atoms with E-state index in [-0.39, 0.29) is 0 Å². The molecule has 0 saturated carbocycles. The van der Waals surface area contributed by atoms with Crippen molar-refractivity contribution in [3.63, 3.8) is 0 Å². The summed E-state index contributed by atoms with van der Waals surface area (Å²) in [7, 11) is -26.7. The Bertz CT molecular complexity index is 960. The van der Waals surface area contributed by atoms with Crippen LogP contribution in [0.2, 0.25) is 144 Å². The summed E-state index contributed by atoms with van der Waals surface area (Å²) in [4.78, 5) is 0. The normalized spacial score (nSPS) is 15.7. The lowest BCUT2D eigenvalue weighted by Crippen LogP contribution is -2.62. The van der Waals surface area contributed by atoms with Crippen molar-refractivity contribution >= 4 is 94.6 Å². The Morgan fingerprint density at radius 2 is 0.478 bits per heavy atom. The summed E-state index contributed by atoms with van der Waals surface area (Å²) >= 11 is 0. The van der Waals surface area contributed by atoms with Gasteiger partial charge in [0.05, 0.1) is 0 Å². The zero-order valence-electron chi connectivity index (χ0n) is 33.8. The van der Waals surface area contributed by atoms with Gasteiger partial charge in [-0.15, -0.1) is 0 Å². The van der Waals surface area contributed by atoms with Gasteiger partial charge in [0, 0.05) is 6.61 Å². The summed E-state index contributed by atoms with van der Waals surface area (Å²) in [6.45, 7) is 48.3. The van der Waals surface area contributed by atoms with Gasteiger partial charge in [0.1, 0.15) is 0 Å². The quantitative estimate of drug-likeness (QED) is 0.0987. The van der Waals surface area contributed by atoms with Crippen LogP contribution in [0.5, 0.6) is 0 Å². The van der Waals surface area contributed by atoms with Gasteiger partial charge in [-0.1, -0.05) is 0 Å². The molecule has 0 saturated heterocycles. The van der Waals surface area contributed by atoms with E-state index >= 15 is 0 Å². The van der Waals surface area contributed by atoms with Crippen LogP contribution in [0.15, 0.2) is 0 Å². The molecular weight excluding hydrogens is 773 g/mol. The molecule has 0 radical (unpaired) electrons. The lowest BCUT2D eigenvalue weighted by Gasteiger charge is -2.44. The van der Waals surface area contributed by atoms with Crippen molar-refractivity contribution in [3.05, 3.63) is 0 Å². The molecule has 0 aliphatic rings. The predicted molar refractivity (Wildman–Crippen MR) is 216 cm³/mol. The Morgan fingerprint density at radius 3 is 0.652 bits per heavy atom. The molecule has 46 heavy (non-hydrogen) atoms. The van der Waals surface area contributed by atoms with Crippen molar-refractivity contribution in [3.8, 4) is 0 Å². The SMILES string of the molecule is CCO[Si](C)(C)O[Si](C)(C)O[Si](C)(C)O[Si](C)(C)O[Si](C)(C)O[Si](C)(C)O[Si](C)(C)O[Si](C)(C)O[Si](C)(C)O[Si](C)(C)O[SiH](C)C. The van der Waals surface area contributed by atoms with E-state index in [1.807, 2.05) is 6.92 Å². The highest BCUT2D eigenvalue weighted by molar-refractivity contribution is 6.93. The Kier molecular flexibility index (Phi) is 17.4. The average Bonchev–Trinajstić information content (AvgIpc) is 2.55. The molecule has 0 unspecified atom stereocenters. The first-order valence-electron chi connectivity index (χ1n) is 16.5. The van der Waals surface area contributed by atoms with Gasteiger partial charge in [0.2, 0.25) is 0 Å². The zero-order valence-corrected chi connectivity index (χ0v) is 44.9. The monoisotopic (exact) mass is 844 g/mol. The van der Waals surface area contributed by atoms with E-state index in [1.165, 1.54) is 0 Å². The van der Waals surface area contributed by atoms with E-state index in [0.717, 1.165) is 0 Å². The molecule has 0 N–H and O–H groups in total. The maximum absolute atomic E-state index is 6.77. The Hall–Kier alpha value is 1.95. The topological polar surface area (TPSA) is 102 Å². The molecule has 0 aromatic rings. The molecule has 0 rings (SSSR count). The first kappa shape index (κ1) is 47.9. The average molecular weight is 846 g/mol. The van der Waals surface area contributed by atoms with Crippen LogP contribution in [0.3, 0.4) is 0 Å². The molecule has 0 aromatic carbocycles.